The van der Waals surface area contributed by atoms with Gasteiger partial charge in [-0.1, -0.05) is 0 Å². The van der Waals surface area contributed by atoms with E-state index in [1.807, 2.05) is 0 Å². The van der Waals surface area contributed by atoms with Gasteiger partial charge in [0, 0.05) is 18.8 Å². The van der Waals surface area contributed by atoms with E-state index in [1.165, 1.54) is 23.1 Å². The minimum atomic E-state index is -0.333. The molecular formula is C12H15N3O3. The van der Waals surface area contributed by atoms with Crippen LogP contribution in [0.25, 0.3) is 0 Å². The van der Waals surface area contributed by atoms with Gasteiger partial charge in [0.25, 0.3) is 5.91 Å². The fraction of sp³-hybridized carbons (Fsp3) is 0.333. The first-order valence-corrected chi connectivity index (χ1v) is 5.72. The van der Waals surface area contributed by atoms with Gasteiger partial charge < -0.3 is 21.1 Å². The zero-order chi connectivity index (χ0) is 13.1. The van der Waals surface area contributed by atoms with E-state index >= 15 is 0 Å². The normalized spacial score (nSPS) is 16.0. The number of carbonyl (C=O) groups is 2. The highest BCUT2D eigenvalue weighted by molar-refractivity contribution is 6.01. The number of hydrogen-bond donors (Lipinski definition) is 3. The number of hydrogen-bond acceptors (Lipinski definition) is 4. The van der Waals surface area contributed by atoms with Gasteiger partial charge in [-0.15, -0.1) is 0 Å². The second-order valence-electron chi connectivity index (χ2n) is 4.20. The third kappa shape index (κ3) is 2.53. The van der Waals surface area contributed by atoms with Crippen LogP contribution < -0.4 is 11.1 Å². The number of benzene rings is 1. The van der Waals surface area contributed by atoms with Gasteiger partial charge in [0.15, 0.2) is 0 Å². The predicted molar refractivity (Wildman–Crippen MR) is 66.0 cm³/mol. The summed E-state index contributed by atoms with van der Waals surface area (Å²) in [6.45, 7) is 1.08. The highest BCUT2D eigenvalue weighted by Crippen LogP contribution is 2.20. The Bertz CT molecular complexity index is 487. The fourth-order valence-corrected chi connectivity index (χ4v) is 1.88. The number of aromatic hydroxyl groups is 1. The summed E-state index contributed by atoms with van der Waals surface area (Å²) in [6.07, 6.45) is 0.705. The van der Waals surface area contributed by atoms with Crippen molar-refractivity contribution in [1.29, 1.82) is 0 Å². The Hall–Kier alpha value is -2.24. The SMILES string of the molecule is Nc1ccc(O)cc1C(=O)N1CCCNC(=O)C1. The number of nitrogen functional groups attached to an aromatic ring is 1. The molecule has 2 rings (SSSR count). The highest BCUT2D eigenvalue weighted by atomic mass is 16.3. The molecule has 1 fully saturated rings. The topological polar surface area (TPSA) is 95.7 Å². The van der Waals surface area contributed by atoms with Crippen LogP contribution in [0.2, 0.25) is 0 Å². The van der Waals surface area contributed by atoms with Crippen LogP contribution in [0.3, 0.4) is 0 Å². The minimum absolute atomic E-state index is 0.0215. The van der Waals surface area contributed by atoms with Crippen LogP contribution in [-0.2, 0) is 4.79 Å². The Balaban J connectivity index is 2.24. The average molecular weight is 249 g/mol. The number of nitrogens with two attached hydrogens (primary N) is 1. The number of anilines is 1. The average Bonchev–Trinajstić information content (AvgIpc) is 2.56. The first-order chi connectivity index (χ1) is 8.58. The first-order valence-electron chi connectivity index (χ1n) is 5.72. The third-order valence-corrected chi connectivity index (χ3v) is 2.82. The van der Waals surface area contributed by atoms with Crippen molar-refractivity contribution >= 4 is 17.5 Å². The molecule has 0 aromatic heterocycles. The molecule has 18 heavy (non-hydrogen) atoms. The standard InChI is InChI=1S/C12H15N3O3/c13-10-3-2-8(16)6-9(10)12(18)15-5-1-4-14-11(17)7-15/h2-3,6,16H,1,4-5,7,13H2,(H,14,17). The van der Waals surface area contributed by atoms with Crippen LogP contribution in [0, 0.1) is 0 Å². The summed E-state index contributed by atoms with van der Waals surface area (Å²) < 4.78 is 0. The van der Waals surface area contributed by atoms with Crippen molar-refractivity contribution in [3.63, 3.8) is 0 Å². The van der Waals surface area contributed by atoms with Crippen molar-refractivity contribution in [1.82, 2.24) is 10.2 Å². The van der Waals surface area contributed by atoms with Crippen LogP contribution in [0.1, 0.15) is 16.8 Å². The van der Waals surface area contributed by atoms with Crippen LogP contribution in [0.15, 0.2) is 18.2 Å². The van der Waals surface area contributed by atoms with Crippen LogP contribution >= 0.6 is 0 Å². The van der Waals surface area contributed by atoms with Crippen LogP contribution in [-0.4, -0.2) is 41.5 Å². The van der Waals surface area contributed by atoms with E-state index in [4.69, 9.17) is 5.73 Å². The third-order valence-electron chi connectivity index (χ3n) is 2.82. The van der Waals surface area contributed by atoms with Gasteiger partial charge in [0.2, 0.25) is 5.91 Å². The first kappa shape index (κ1) is 12.2. The molecule has 1 heterocycles. The Morgan fingerprint density at radius 2 is 2.22 bits per heavy atom. The lowest BCUT2D eigenvalue weighted by atomic mass is 10.1. The summed E-state index contributed by atoms with van der Waals surface area (Å²) in [5.74, 6) is -0.535. The molecule has 1 aromatic carbocycles. The molecule has 6 heteroatoms. The number of carbonyl (C=O) groups excluding carboxylic acids is 2. The minimum Gasteiger partial charge on any atom is -0.508 e. The Morgan fingerprint density at radius 3 is 3.00 bits per heavy atom. The smallest absolute Gasteiger partial charge is 0.256 e. The summed E-state index contributed by atoms with van der Waals surface area (Å²) in [7, 11) is 0. The number of phenols is 1. The van der Waals surface area contributed by atoms with Gasteiger partial charge in [0.05, 0.1) is 12.1 Å². The molecule has 0 atom stereocenters. The molecule has 0 saturated carbocycles. The van der Waals surface area contributed by atoms with Gasteiger partial charge in [0.1, 0.15) is 5.75 Å². The maximum atomic E-state index is 12.2. The monoisotopic (exact) mass is 249 g/mol. The van der Waals surface area contributed by atoms with Crippen molar-refractivity contribution in [3.8, 4) is 5.75 Å². The van der Waals surface area contributed by atoms with Crippen molar-refractivity contribution in [2.24, 2.45) is 0 Å². The van der Waals surface area contributed by atoms with Crippen molar-refractivity contribution < 1.29 is 14.7 Å². The molecule has 0 radical (unpaired) electrons. The van der Waals surface area contributed by atoms with Crippen LogP contribution in [0.4, 0.5) is 5.69 Å². The highest BCUT2D eigenvalue weighted by Gasteiger charge is 2.22. The maximum Gasteiger partial charge on any atom is 0.256 e. The molecule has 0 aliphatic carbocycles. The van der Waals surface area contributed by atoms with Gasteiger partial charge in [-0.25, -0.2) is 0 Å². The van der Waals surface area contributed by atoms with Gasteiger partial charge in [-0.2, -0.15) is 0 Å². The Kier molecular flexibility index (Phi) is 3.36. The largest absolute Gasteiger partial charge is 0.508 e. The predicted octanol–water partition coefficient (Wildman–Crippen LogP) is -0.0635. The second-order valence-corrected chi connectivity index (χ2v) is 4.20. The second kappa shape index (κ2) is 4.95. The number of rotatable bonds is 1. The number of nitrogens with zero attached hydrogens (tertiary/aromatic N) is 1. The van der Waals surface area contributed by atoms with E-state index in [0.717, 1.165) is 0 Å². The van der Waals surface area contributed by atoms with Crippen molar-refractivity contribution in [3.05, 3.63) is 23.8 Å². The molecule has 0 unspecified atom stereocenters. The zero-order valence-corrected chi connectivity index (χ0v) is 9.85. The number of phenolic OH excluding ortho intramolecular Hbond substituents is 1. The molecule has 0 spiro atoms. The Morgan fingerprint density at radius 1 is 1.44 bits per heavy atom. The van der Waals surface area contributed by atoms with E-state index in [2.05, 4.69) is 5.32 Å². The molecule has 0 bridgehead atoms. The van der Waals surface area contributed by atoms with E-state index in [0.29, 0.717) is 25.2 Å². The van der Waals surface area contributed by atoms with E-state index in [1.54, 1.807) is 0 Å². The quantitative estimate of drug-likeness (QED) is 0.480. The fourth-order valence-electron chi connectivity index (χ4n) is 1.88. The van der Waals surface area contributed by atoms with Crippen LogP contribution in [0.5, 0.6) is 5.75 Å². The van der Waals surface area contributed by atoms with E-state index < -0.39 is 0 Å². The maximum absolute atomic E-state index is 12.2. The molecule has 96 valence electrons. The van der Waals surface area contributed by atoms with Crippen molar-refractivity contribution in [2.45, 2.75) is 6.42 Å². The lowest BCUT2D eigenvalue weighted by molar-refractivity contribution is -0.121. The van der Waals surface area contributed by atoms with E-state index in [-0.39, 0.29) is 29.7 Å². The van der Waals surface area contributed by atoms with Crippen molar-refractivity contribution in [2.75, 3.05) is 25.4 Å². The van der Waals surface area contributed by atoms with E-state index in [9.17, 15) is 14.7 Å². The summed E-state index contributed by atoms with van der Waals surface area (Å²) in [5, 5.41) is 12.1. The number of amides is 2. The summed E-state index contributed by atoms with van der Waals surface area (Å²) >= 11 is 0. The zero-order valence-electron chi connectivity index (χ0n) is 9.85. The molecule has 2 amide bonds. The van der Waals surface area contributed by atoms with Gasteiger partial charge in [-0.05, 0) is 24.6 Å². The lowest BCUT2D eigenvalue weighted by Crippen LogP contribution is -2.37. The Labute approximate surface area is 104 Å². The summed E-state index contributed by atoms with van der Waals surface area (Å²) in [4.78, 5) is 25.1. The number of nitrogens with one attached hydrogen (secondary N) is 1. The summed E-state index contributed by atoms with van der Waals surface area (Å²) in [6, 6.07) is 4.21. The molecule has 1 aromatic rings. The molecule has 1 aliphatic rings. The van der Waals surface area contributed by atoms with Gasteiger partial charge >= 0.3 is 0 Å². The molecule has 6 nitrogen and oxygen atoms in total. The molecule has 1 aliphatic heterocycles. The lowest BCUT2D eigenvalue weighted by Gasteiger charge is -2.19. The summed E-state index contributed by atoms with van der Waals surface area (Å²) in [5.41, 5.74) is 6.23. The molecule has 1 saturated heterocycles. The van der Waals surface area contributed by atoms with Gasteiger partial charge in [-0.3, -0.25) is 9.59 Å². The molecule has 4 N–H and O–H groups in total. The molecular weight excluding hydrogens is 234 g/mol.